The molecule has 2 amide bonds. The molecule has 0 aliphatic rings. The van der Waals surface area contributed by atoms with Crippen molar-refractivity contribution in [2.24, 2.45) is 0 Å². The number of benzene rings is 1. The van der Waals surface area contributed by atoms with E-state index >= 15 is 0 Å². The van der Waals surface area contributed by atoms with E-state index in [1.54, 1.807) is 31.2 Å². The zero-order valence-corrected chi connectivity index (χ0v) is 16.1. The lowest BCUT2D eigenvalue weighted by atomic mass is 10.1. The Morgan fingerprint density at radius 2 is 1.85 bits per heavy atom. The van der Waals surface area contributed by atoms with Gasteiger partial charge >= 0.3 is 5.97 Å². The smallest absolute Gasteiger partial charge is 0.306 e. The number of hydrogen-bond donors (Lipinski definition) is 3. The topological polar surface area (TPSA) is 96.5 Å². The summed E-state index contributed by atoms with van der Waals surface area (Å²) in [5.41, 5.74) is 0.917. The van der Waals surface area contributed by atoms with E-state index in [0.29, 0.717) is 11.3 Å². The molecule has 1 atom stereocenters. The van der Waals surface area contributed by atoms with Crippen LogP contribution < -0.4 is 16.0 Å². The Morgan fingerprint density at radius 3 is 2.50 bits per heavy atom. The van der Waals surface area contributed by atoms with Crippen molar-refractivity contribution in [2.45, 2.75) is 46.1 Å². The van der Waals surface area contributed by atoms with Gasteiger partial charge in [0.25, 0.3) is 5.91 Å². The van der Waals surface area contributed by atoms with Gasteiger partial charge in [0, 0.05) is 12.5 Å². The van der Waals surface area contributed by atoms with Crippen LogP contribution in [0.15, 0.2) is 24.3 Å². The normalized spacial score (nSPS) is 11.2. The molecule has 0 fully saturated rings. The van der Waals surface area contributed by atoms with Crippen LogP contribution in [0.4, 0.5) is 5.69 Å². The molecule has 0 spiro atoms. The molecular weight excluding hydrogens is 354 g/mol. The number of esters is 1. The van der Waals surface area contributed by atoms with Crippen molar-refractivity contribution in [3.8, 4) is 0 Å². The van der Waals surface area contributed by atoms with E-state index in [-0.39, 0.29) is 36.5 Å². The van der Waals surface area contributed by atoms with E-state index in [9.17, 15) is 14.4 Å². The maximum atomic E-state index is 12.3. The van der Waals surface area contributed by atoms with E-state index in [1.165, 1.54) is 0 Å². The summed E-state index contributed by atoms with van der Waals surface area (Å²) in [4.78, 5) is 35.4. The first-order valence-corrected chi connectivity index (χ1v) is 8.94. The van der Waals surface area contributed by atoms with Gasteiger partial charge in [-0.25, -0.2) is 0 Å². The van der Waals surface area contributed by atoms with Crippen molar-refractivity contribution >= 4 is 40.8 Å². The molecule has 0 saturated carbocycles. The quantitative estimate of drug-likeness (QED) is 0.474. The minimum Gasteiger partial charge on any atom is -0.466 e. The first-order chi connectivity index (χ1) is 12.4. The summed E-state index contributed by atoms with van der Waals surface area (Å²) < 4.78 is 4.76. The molecule has 142 valence electrons. The number of carbonyl (C=O) groups excluding carboxylic acids is 3. The van der Waals surface area contributed by atoms with Gasteiger partial charge in [-0.3, -0.25) is 14.4 Å². The largest absolute Gasteiger partial charge is 0.466 e. The fourth-order valence-electron chi connectivity index (χ4n) is 1.99. The lowest BCUT2D eigenvalue weighted by molar-refractivity contribution is -0.144. The highest BCUT2D eigenvalue weighted by atomic mass is 32.1. The number of ether oxygens (including phenoxy) is 1. The Morgan fingerprint density at radius 1 is 1.15 bits per heavy atom. The molecule has 1 rings (SSSR count). The first kappa shape index (κ1) is 21.6. The molecule has 0 heterocycles. The molecule has 1 unspecified atom stereocenters. The van der Waals surface area contributed by atoms with Crippen molar-refractivity contribution in [3.63, 3.8) is 0 Å². The van der Waals surface area contributed by atoms with Crippen LogP contribution in [0, 0.1) is 0 Å². The van der Waals surface area contributed by atoms with E-state index in [4.69, 9.17) is 17.0 Å². The molecule has 8 heteroatoms. The van der Waals surface area contributed by atoms with Crippen LogP contribution in [0.3, 0.4) is 0 Å². The van der Waals surface area contributed by atoms with Gasteiger partial charge in [-0.05, 0) is 44.6 Å². The lowest BCUT2D eigenvalue weighted by Gasteiger charge is -2.15. The van der Waals surface area contributed by atoms with Crippen LogP contribution in [0.25, 0.3) is 0 Å². The standard InChI is InChI=1S/C18H25N3O4S/c1-4-12(3)19-17(24)13-8-6-7-9-14(13)20-18(26)21-15(22)10-11-16(23)25-5-2/h6-9,12H,4-5,10-11H2,1-3H3,(H,19,24)(H2,20,21,22,26). The Kier molecular flexibility index (Phi) is 9.29. The number of carbonyl (C=O) groups is 3. The molecule has 0 aliphatic heterocycles. The Balaban J connectivity index is 2.63. The van der Waals surface area contributed by atoms with E-state index < -0.39 is 11.9 Å². The summed E-state index contributed by atoms with van der Waals surface area (Å²) >= 11 is 5.11. The van der Waals surface area contributed by atoms with Crippen LogP contribution in [0.5, 0.6) is 0 Å². The van der Waals surface area contributed by atoms with Gasteiger partial charge in [-0.15, -0.1) is 0 Å². The van der Waals surface area contributed by atoms with Gasteiger partial charge in [0.2, 0.25) is 5.91 Å². The summed E-state index contributed by atoms with van der Waals surface area (Å²) in [6.07, 6.45) is 0.767. The minimum atomic E-state index is -0.436. The molecule has 0 aromatic heterocycles. The third-order valence-electron chi connectivity index (χ3n) is 3.52. The van der Waals surface area contributed by atoms with E-state index in [2.05, 4.69) is 16.0 Å². The van der Waals surface area contributed by atoms with Crippen molar-refractivity contribution in [2.75, 3.05) is 11.9 Å². The number of anilines is 1. The third kappa shape index (κ3) is 7.60. The number of hydrogen-bond acceptors (Lipinski definition) is 5. The van der Waals surface area contributed by atoms with Crippen molar-refractivity contribution in [1.29, 1.82) is 0 Å². The molecule has 26 heavy (non-hydrogen) atoms. The van der Waals surface area contributed by atoms with Gasteiger partial charge in [0.1, 0.15) is 0 Å². The molecule has 0 aliphatic carbocycles. The fourth-order valence-corrected chi connectivity index (χ4v) is 2.21. The Hall–Kier alpha value is -2.48. The highest BCUT2D eigenvalue weighted by Crippen LogP contribution is 2.15. The second-order valence-electron chi connectivity index (χ2n) is 5.64. The second kappa shape index (κ2) is 11.2. The number of thiocarbonyl (C=S) groups is 1. The molecule has 0 bridgehead atoms. The van der Waals surface area contributed by atoms with Gasteiger partial charge in [0.05, 0.1) is 24.3 Å². The summed E-state index contributed by atoms with van der Waals surface area (Å²) in [5.74, 6) is -1.07. The monoisotopic (exact) mass is 379 g/mol. The molecule has 3 N–H and O–H groups in total. The number of nitrogens with one attached hydrogen (secondary N) is 3. The molecule has 1 aromatic rings. The SMILES string of the molecule is CCOC(=O)CCC(=O)NC(=S)Nc1ccccc1C(=O)NC(C)CC. The van der Waals surface area contributed by atoms with Crippen LogP contribution in [-0.4, -0.2) is 35.5 Å². The van der Waals surface area contributed by atoms with Gasteiger partial charge < -0.3 is 20.7 Å². The molecule has 7 nitrogen and oxygen atoms in total. The summed E-state index contributed by atoms with van der Waals surface area (Å²) in [5, 5.41) is 8.28. The molecule has 0 radical (unpaired) electrons. The highest BCUT2D eigenvalue weighted by molar-refractivity contribution is 7.80. The van der Waals surface area contributed by atoms with Crippen LogP contribution >= 0.6 is 12.2 Å². The maximum absolute atomic E-state index is 12.3. The van der Waals surface area contributed by atoms with Crippen molar-refractivity contribution in [1.82, 2.24) is 10.6 Å². The zero-order chi connectivity index (χ0) is 19.5. The average Bonchev–Trinajstić information content (AvgIpc) is 2.60. The molecule has 0 saturated heterocycles. The third-order valence-corrected chi connectivity index (χ3v) is 3.73. The van der Waals surface area contributed by atoms with Crippen LogP contribution in [0.2, 0.25) is 0 Å². The minimum absolute atomic E-state index is 0.0177. The van der Waals surface area contributed by atoms with Crippen molar-refractivity contribution in [3.05, 3.63) is 29.8 Å². The zero-order valence-electron chi connectivity index (χ0n) is 15.3. The maximum Gasteiger partial charge on any atom is 0.306 e. The van der Waals surface area contributed by atoms with Crippen LogP contribution in [0.1, 0.15) is 50.4 Å². The Labute approximate surface area is 158 Å². The second-order valence-corrected chi connectivity index (χ2v) is 6.04. The van der Waals surface area contributed by atoms with Gasteiger partial charge in [-0.2, -0.15) is 0 Å². The lowest BCUT2D eigenvalue weighted by Crippen LogP contribution is -2.36. The summed E-state index contributed by atoms with van der Waals surface area (Å²) in [6, 6.07) is 6.92. The molecular formula is C18H25N3O4S. The average molecular weight is 379 g/mol. The number of amides is 2. The van der Waals surface area contributed by atoms with E-state index in [0.717, 1.165) is 6.42 Å². The van der Waals surface area contributed by atoms with Crippen molar-refractivity contribution < 1.29 is 19.1 Å². The highest BCUT2D eigenvalue weighted by Gasteiger charge is 2.14. The predicted molar refractivity (Wildman–Crippen MR) is 104 cm³/mol. The summed E-state index contributed by atoms with van der Waals surface area (Å²) in [7, 11) is 0. The van der Waals surface area contributed by atoms with E-state index in [1.807, 2.05) is 13.8 Å². The summed E-state index contributed by atoms with van der Waals surface area (Å²) in [6.45, 7) is 5.88. The van der Waals surface area contributed by atoms with Gasteiger partial charge in [0.15, 0.2) is 5.11 Å². The first-order valence-electron chi connectivity index (χ1n) is 8.53. The number of rotatable bonds is 8. The number of para-hydroxylation sites is 1. The fraction of sp³-hybridized carbons (Fsp3) is 0.444. The van der Waals surface area contributed by atoms with Crippen LogP contribution in [-0.2, 0) is 14.3 Å². The predicted octanol–water partition coefficient (Wildman–Crippen LogP) is 2.37. The van der Waals surface area contributed by atoms with Gasteiger partial charge in [-0.1, -0.05) is 19.1 Å². The Bertz CT molecular complexity index is 664. The molecule has 1 aromatic carbocycles.